The third-order valence-electron chi connectivity index (χ3n) is 13.9. The molecule has 0 atom stereocenters. The Hall–Kier alpha value is -8.72. The zero-order chi connectivity index (χ0) is 44.3. The van der Waals surface area contributed by atoms with Crippen molar-refractivity contribution in [1.29, 1.82) is 0 Å². The van der Waals surface area contributed by atoms with Crippen LogP contribution in [0.4, 0.5) is 0 Å². The van der Waals surface area contributed by atoms with Crippen LogP contribution in [0.1, 0.15) is 22.3 Å². The average molecular weight is 851 g/mol. The van der Waals surface area contributed by atoms with Gasteiger partial charge in [-0.3, -0.25) is 0 Å². The van der Waals surface area contributed by atoms with Gasteiger partial charge >= 0.3 is 0 Å². The van der Waals surface area contributed by atoms with E-state index in [0.29, 0.717) is 5.82 Å². The highest BCUT2D eigenvalue weighted by molar-refractivity contribution is 6.05. The maximum Gasteiger partial charge on any atom is 0.160 e. The van der Waals surface area contributed by atoms with Crippen molar-refractivity contribution in [2.75, 3.05) is 0 Å². The number of benzene rings is 11. The Bertz CT molecular complexity index is 3790. The minimum absolute atomic E-state index is 0.575. The molecule has 67 heavy (non-hydrogen) atoms. The summed E-state index contributed by atoms with van der Waals surface area (Å²) in [6, 6.07) is 92.8. The lowest BCUT2D eigenvalue weighted by Gasteiger charge is -2.34. The summed E-state index contributed by atoms with van der Waals surface area (Å²) in [5, 5.41) is 7.25. The van der Waals surface area contributed by atoms with E-state index in [-0.39, 0.29) is 0 Å². The van der Waals surface area contributed by atoms with Gasteiger partial charge in [0.1, 0.15) is 0 Å². The van der Waals surface area contributed by atoms with Crippen LogP contribution in [0.25, 0.3) is 99.6 Å². The zero-order valence-corrected chi connectivity index (χ0v) is 36.6. The lowest BCUT2D eigenvalue weighted by atomic mass is 9.67. The number of fused-ring (bicyclic) bond motifs is 6. The molecule has 0 fully saturated rings. The Kier molecular flexibility index (Phi) is 9.11. The number of aromatic nitrogens is 2. The van der Waals surface area contributed by atoms with Crippen LogP contribution in [0.3, 0.4) is 0 Å². The lowest BCUT2D eigenvalue weighted by Crippen LogP contribution is -2.28. The monoisotopic (exact) mass is 850 g/mol. The Balaban J connectivity index is 1.01. The first kappa shape index (κ1) is 38.7. The van der Waals surface area contributed by atoms with Crippen LogP contribution in [0.15, 0.2) is 255 Å². The summed E-state index contributed by atoms with van der Waals surface area (Å²) in [4.78, 5) is 10.5. The average Bonchev–Trinajstić information content (AvgIpc) is 3.71. The van der Waals surface area contributed by atoms with E-state index in [2.05, 4.69) is 249 Å². The molecule has 1 heterocycles. The molecule has 12 aromatic rings. The molecule has 2 nitrogen and oxygen atoms in total. The van der Waals surface area contributed by atoms with Gasteiger partial charge in [0.25, 0.3) is 0 Å². The van der Waals surface area contributed by atoms with E-state index in [1.54, 1.807) is 0 Å². The molecule has 1 aliphatic rings. The topological polar surface area (TPSA) is 25.8 Å². The summed E-state index contributed by atoms with van der Waals surface area (Å²) in [7, 11) is 0. The van der Waals surface area contributed by atoms with Crippen molar-refractivity contribution in [3.05, 3.63) is 277 Å². The van der Waals surface area contributed by atoms with Gasteiger partial charge in [0.2, 0.25) is 0 Å². The van der Waals surface area contributed by atoms with E-state index in [4.69, 9.17) is 9.97 Å². The smallest absolute Gasteiger partial charge is 0.160 e. The second-order valence-electron chi connectivity index (χ2n) is 17.7. The van der Waals surface area contributed by atoms with Crippen LogP contribution in [-0.4, -0.2) is 9.97 Å². The molecule has 0 saturated heterocycles. The Morgan fingerprint density at radius 1 is 0.254 bits per heavy atom. The van der Waals surface area contributed by atoms with Crippen molar-refractivity contribution in [2.45, 2.75) is 5.41 Å². The van der Waals surface area contributed by atoms with Gasteiger partial charge in [-0.1, -0.05) is 224 Å². The van der Waals surface area contributed by atoms with E-state index in [1.807, 2.05) is 6.07 Å². The third kappa shape index (κ3) is 6.41. The predicted molar refractivity (Wildman–Crippen MR) is 279 cm³/mol. The van der Waals surface area contributed by atoms with Crippen molar-refractivity contribution in [3.63, 3.8) is 0 Å². The van der Waals surface area contributed by atoms with Crippen LogP contribution < -0.4 is 0 Å². The van der Waals surface area contributed by atoms with Crippen LogP contribution in [0.2, 0.25) is 0 Å². The molecule has 0 spiro atoms. The highest BCUT2D eigenvalue weighted by Crippen LogP contribution is 2.57. The Morgan fingerprint density at radius 3 is 1.49 bits per heavy atom. The fourth-order valence-corrected chi connectivity index (χ4v) is 10.8. The third-order valence-corrected chi connectivity index (χ3v) is 13.9. The first-order valence-electron chi connectivity index (χ1n) is 23.0. The molecule has 1 aliphatic carbocycles. The molecular weight excluding hydrogens is 809 g/mol. The quantitative estimate of drug-likeness (QED) is 0.160. The summed E-state index contributed by atoms with van der Waals surface area (Å²) >= 11 is 0. The molecule has 0 N–H and O–H groups in total. The van der Waals surface area contributed by atoms with Gasteiger partial charge in [-0.15, -0.1) is 0 Å². The van der Waals surface area contributed by atoms with Gasteiger partial charge in [-0.2, -0.15) is 0 Å². The van der Waals surface area contributed by atoms with E-state index >= 15 is 0 Å². The van der Waals surface area contributed by atoms with Crippen molar-refractivity contribution in [2.24, 2.45) is 0 Å². The molecule has 13 rings (SSSR count). The van der Waals surface area contributed by atoms with Crippen LogP contribution in [0, 0.1) is 0 Å². The number of hydrogen-bond donors (Lipinski definition) is 0. The molecule has 0 aliphatic heterocycles. The largest absolute Gasteiger partial charge is 0.228 e. The minimum Gasteiger partial charge on any atom is -0.228 e. The predicted octanol–water partition coefficient (Wildman–Crippen LogP) is 16.6. The zero-order valence-electron chi connectivity index (χ0n) is 36.6. The fraction of sp³-hybridized carbons (Fsp3) is 0.0154. The van der Waals surface area contributed by atoms with Crippen LogP contribution >= 0.6 is 0 Å². The van der Waals surface area contributed by atoms with Crippen molar-refractivity contribution >= 4 is 32.3 Å². The van der Waals surface area contributed by atoms with Gasteiger partial charge < -0.3 is 0 Å². The van der Waals surface area contributed by atoms with E-state index < -0.39 is 5.41 Å². The lowest BCUT2D eigenvalue weighted by molar-refractivity contribution is 0.771. The molecule has 1 aromatic heterocycles. The molecule has 0 bridgehead atoms. The molecule has 0 unspecified atom stereocenters. The number of nitrogens with zero attached hydrogens (tertiary/aromatic N) is 2. The highest BCUT2D eigenvalue weighted by Gasteiger charge is 2.46. The first-order valence-corrected chi connectivity index (χ1v) is 23.0. The van der Waals surface area contributed by atoms with E-state index in [1.165, 1.54) is 77.0 Å². The van der Waals surface area contributed by atoms with Gasteiger partial charge in [0.05, 0.1) is 16.8 Å². The van der Waals surface area contributed by atoms with Crippen molar-refractivity contribution < 1.29 is 0 Å². The fourth-order valence-electron chi connectivity index (χ4n) is 10.8. The van der Waals surface area contributed by atoms with Gasteiger partial charge in [-0.05, 0) is 118 Å². The summed E-state index contributed by atoms with van der Waals surface area (Å²) in [6.45, 7) is 0. The van der Waals surface area contributed by atoms with Gasteiger partial charge in [0, 0.05) is 16.7 Å². The summed E-state index contributed by atoms with van der Waals surface area (Å²) in [5.41, 5.74) is 16.6. The number of rotatable bonds is 7. The summed E-state index contributed by atoms with van der Waals surface area (Å²) in [5.74, 6) is 0.697. The molecular formula is C65H42N2. The first-order chi connectivity index (χ1) is 33.2. The Morgan fingerprint density at radius 2 is 0.776 bits per heavy atom. The second kappa shape index (κ2) is 15.8. The number of hydrogen-bond acceptors (Lipinski definition) is 2. The summed E-state index contributed by atoms with van der Waals surface area (Å²) < 4.78 is 0. The van der Waals surface area contributed by atoms with Gasteiger partial charge in [0.15, 0.2) is 5.82 Å². The summed E-state index contributed by atoms with van der Waals surface area (Å²) in [6.07, 6.45) is 0. The van der Waals surface area contributed by atoms with E-state index in [0.717, 1.165) is 39.0 Å². The normalized spacial score (nSPS) is 12.6. The molecule has 0 amide bonds. The van der Waals surface area contributed by atoms with E-state index in [9.17, 15) is 0 Å². The van der Waals surface area contributed by atoms with Crippen LogP contribution in [0.5, 0.6) is 0 Å². The molecule has 2 heteroatoms. The highest BCUT2D eigenvalue weighted by atomic mass is 14.9. The van der Waals surface area contributed by atoms with Gasteiger partial charge in [-0.25, -0.2) is 9.97 Å². The standard InChI is InChI=1S/C65H42N2/c1-3-16-43(17-4-1)47-24-15-25-51(38-47)62-42-63(67-64(66-62)46-20-5-2-6-21-46)59-37-36-54(55-26-11-12-27-56(55)59)50-32-35-58-57-28-13-14-29-60(57)65(61(58)41-50,52-33-30-44-18-7-9-22-48(44)39-52)53-34-31-45-19-8-10-23-49(45)40-53/h1-42H. The molecule has 0 saturated carbocycles. The Labute approximate surface area is 390 Å². The molecule has 11 aromatic carbocycles. The van der Waals surface area contributed by atoms with Crippen molar-refractivity contribution in [3.8, 4) is 67.3 Å². The molecule has 0 radical (unpaired) electrons. The van der Waals surface area contributed by atoms with Crippen molar-refractivity contribution in [1.82, 2.24) is 9.97 Å². The van der Waals surface area contributed by atoms with Crippen LogP contribution in [-0.2, 0) is 5.41 Å². The minimum atomic E-state index is -0.575. The SMILES string of the molecule is c1ccc(-c2cccc(-c3cc(-c4ccc(-c5ccc6c(c5)C(c5ccc7ccccc7c5)(c5ccc7ccccc7c5)c5ccccc5-6)c5ccccc45)nc(-c4ccccc4)n3)c2)cc1. The maximum atomic E-state index is 5.32. The second-order valence-corrected chi connectivity index (χ2v) is 17.7. The molecule has 312 valence electrons. The maximum absolute atomic E-state index is 5.32.